The summed E-state index contributed by atoms with van der Waals surface area (Å²) >= 11 is 5.84. The minimum atomic E-state index is -1.05. The van der Waals surface area contributed by atoms with Gasteiger partial charge in [0.05, 0.1) is 5.56 Å². The molecular formula is C11H14ClN3O2. The van der Waals surface area contributed by atoms with Crippen molar-refractivity contribution in [2.45, 2.75) is 0 Å². The Balaban J connectivity index is 2.17. The first-order valence-corrected chi connectivity index (χ1v) is 5.79. The molecule has 0 bridgehead atoms. The van der Waals surface area contributed by atoms with Gasteiger partial charge in [-0.3, -0.25) is 0 Å². The first kappa shape index (κ1) is 12.1. The first-order valence-electron chi connectivity index (χ1n) is 5.41. The highest BCUT2D eigenvalue weighted by Gasteiger charge is 2.17. The Morgan fingerprint density at radius 2 is 2.00 bits per heavy atom. The minimum absolute atomic E-state index is 0.0459. The number of aromatic nitrogens is 1. The van der Waals surface area contributed by atoms with Gasteiger partial charge in [-0.05, 0) is 19.2 Å². The Kier molecular flexibility index (Phi) is 3.49. The van der Waals surface area contributed by atoms with Crippen LogP contribution in [0.1, 0.15) is 10.4 Å². The van der Waals surface area contributed by atoms with Crippen molar-refractivity contribution in [2.75, 3.05) is 38.1 Å². The number of carboxylic acid groups (broad SMARTS) is 1. The molecular weight excluding hydrogens is 242 g/mol. The van der Waals surface area contributed by atoms with Gasteiger partial charge in [0.15, 0.2) is 0 Å². The Morgan fingerprint density at radius 1 is 1.35 bits per heavy atom. The number of aromatic carboxylic acids is 1. The van der Waals surface area contributed by atoms with Crippen molar-refractivity contribution in [2.24, 2.45) is 0 Å². The third-order valence-corrected chi connectivity index (χ3v) is 3.18. The van der Waals surface area contributed by atoms with Gasteiger partial charge in [0, 0.05) is 26.2 Å². The van der Waals surface area contributed by atoms with Crippen LogP contribution in [-0.2, 0) is 0 Å². The molecule has 1 aliphatic heterocycles. The van der Waals surface area contributed by atoms with Crippen molar-refractivity contribution < 1.29 is 9.90 Å². The molecule has 5 nitrogen and oxygen atoms in total. The highest BCUT2D eigenvalue weighted by molar-refractivity contribution is 6.32. The molecule has 2 rings (SSSR count). The van der Waals surface area contributed by atoms with Gasteiger partial charge in [0.1, 0.15) is 11.0 Å². The number of nitrogens with zero attached hydrogens (tertiary/aromatic N) is 3. The highest BCUT2D eigenvalue weighted by Crippen LogP contribution is 2.20. The van der Waals surface area contributed by atoms with Crippen LogP contribution in [0.15, 0.2) is 12.1 Å². The normalized spacial score (nSPS) is 17.2. The van der Waals surface area contributed by atoms with E-state index in [2.05, 4.69) is 21.8 Å². The van der Waals surface area contributed by atoms with Crippen LogP contribution in [0.4, 0.5) is 5.82 Å². The molecule has 2 heterocycles. The summed E-state index contributed by atoms with van der Waals surface area (Å²) in [5, 5.41) is 8.91. The molecule has 1 fully saturated rings. The largest absolute Gasteiger partial charge is 0.478 e. The van der Waals surface area contributed by atoms with Gasteiger partial charge < -0.3 is 14.9 Å². The second kappa shape index (κ2) is 4.89. The molecule has 92 valence electrons. The van der Waals surface area contributed by atoms with E-state index in [4.69, 9.17) is 16.7 Å². The fourth-order valence-corrected chi connectivity index (χ4v) is 2.03. The minimum Gasteiger partial charge on any atom is -0.478 e. The average Bonchev–Trinajstić information content (AvgIpc) is 2.29. The third-order valence-electron chi connectivity index (χ3n) is 2.89. The lowest BCUT2D eigenvalue weighted by Crippen LogP contribution is -2.44. The molecule has 0 unspecified atom stereocenters. The van der Waals surface area contributed by atoms with E-state index in [0.717, 1.165) is 32.0 Å². The zero-order valence-electron chi connectivity index (χ0n) is 9.56. The van der Waals surface area contributed by atoms with Crippen LogP contribution in [0.25, 0.3) is 0 Å². The third kappa shape index (κ3) is 2.68. The van der Waals surface area contributed by atoms with E-state index >= 15 is 0 Å². The maximum atomic E-state index is 10.8. The predicted octanol–water partition coefficient (Wildman–Crippen LogP) is 1.19. The summed E-state index contributed by atoms with van der Waals surface area (Å²) in [4.78, 5) is 19.3. The molecule has 17 heavy (non-hydrogen) atoms. The van der Waals surface area contributed by atoms with Crippen LogP contribution in [0.5, 0.6) is 0 Å². The fourth-order valence-electron chi connectivity index (χ4n) is 1.80. The standard InChI is InChI=1S/C11H14ClN3O2/c1-14-4-6-15(7-5-14)9-3-2-8(11(16)17)10(12)13-9/h2-3H,4-7H2,1H3,(H,16,17). The summed E-state index contributed by atoms with van der Waals surface area (Å²) in [7, 11) is 2.07. The van der Waals surface area contributed by atoms with Gasteiger partial charge in [-0.25, -0.2) is 9.78 Å². The number of halogens is 1. The molecule has 0 aliphatic carbocycles. The van der Waals surface area contributed by atoms with E-state index in [9.17, 15) is 4.79 Å². The summed E-state index contributed by atoms with van der Waals surface area (Å²) in [6.07, 6.45) is 0. The zero-order chi connectivity index (χ0) is 12.4. The number of anilines is 1. The van der Waals surface area contributed by atoms with Crippen molar-refractivity contribution in [3.8, 4) is 0 Å². The Hall–Kier alpha value is -1.33. The van der Waals surface area contributed by atoms with Gasteiger partial charge in [0.25, 0.3) is 0 Å². The van der Waals surface area contributed by atoms with Crippen LogP contribution >= 0.6 is 11.6 Å². The summed E-state index contributed by atoms with van der Waals surface area (Å²) in [5.41, 5.74) is 0.0459. The van der Waals surface area contributed by atoms with Crippen LogP contribution in [0.3, 0.4) is 0 Å². The quantitative estimate of drug-likeness (QED) is 0.805. The second-order valence-corrected chi connectivity index (χ2v) is 4.46. The maximum absolute atomic E-state index is 10.8. The van der Waals surface area contributed by atoms with Crippen LogP contribution < -0.4 is 4.90 Å². The van der Waals surface area contributed by atoms with E-state index < -0.39 is 5.97 Å². The molecule has 0 saturated carbocycles. The Morgan fingerprint density at radius 3 is 2.53 bits per heavy atom. The average molecular weight is 256 g/mol. The molecule has 1 aromatic heterocycles. The number of carboxylic acids is 1. The topological polar surface area (TPSA) is 56.7 Å². The summed E-state index contributed by atoms with van der Waals surface area (Å²) in [6.45, 7) is 3.71. The number of carbonyl (C=O) groups is 1. The Labute approximate surface area is 105 Å². The van der Waals surface area contributed by atoms with Crippen molar-refractivity contribution >= 4 is 23.4 Å². The zero-order valence-corrected chi connectivity index (χ0v) is 10.3. The molecule has 6 heteroatoms. The second-order valence-electron chi connectivity index (χ2n) is 4.10. The highest BCUT2D eigenvalue weighted by atomic mass is 35.5. The Bertz CT molecular complexity index is 431. The smallest absolute Gasteiger partial charge is 0.338 e. The van der Waals surface area contributed by atoms with Crippen molar-refractivity contribution in [3.05, 3.63) is 22.8 Å². The monoisotopic (exact) mass is 255 g/mol. The van der Waals surface area contributed by atoms with Crippen molar-refractivity contribution in [1.82, 2.24) is 9.88 Å². The molecule has 1 N–H and O–H groups in total. The van der Waals surface area contributed by atoms with E-state index in [1.165, 1.54) is 6.07 Å². The maximum Gasteiger partial charge on any atom is 0.338 e. The summed E-state index contributed by atoms with van der Waals surface area (Å²) in [5.74, 6) is -0.305. The molecule has 1 aliphatic rings. The molecule has 1 saturated heterocycles. The molecule has 0 atom stereocenters. The van der Waals surface area contributed by atoms with Crippen LogP contribution in [0, 0.1) is 0 Å². The van der Waals surface area contributed by atoms with Gasteiger partial charge in [0.2, 0.25) is 0 Å². The van der Waals surface area contributed by atoms with Gasteiger partial charge in [-0.2, -0.15) is 0 Å². The van der Waals surface area contributed by atoms with E-state index in [1.807, 2.05) is 0 Å². The van der Waals surface area contributed by atoms with E-state index in [-0.39, 0.29) is 10.7 Å². The number of hydrogen-bond donors (Lipinski definition) is 1. The molecule has 0 amide bonds. The van der Waals surface area contributed by atoms with Crippen molar-refractivity contribution in [1.29, 1.82) is 0 Å². The van der Waals surface area contributed by atoms with Crippen LogP contribution in [0.2, 0.25) is 5.15 Å². The van der Waals surface area contributed by atoms with Gasteiger partial charge >= 0.3 is 5.97 Å². The molecule has 1 aromatic rings. The lowest BCUT2D eigenvalue weighted by molar-refractivity contribution is 0.0696. The van der Waals surface area contributed by atoms with Crippen LogP contribution in [-0.4, -0.2) is 54.2 Å². The number of piperazine rings is 1. The molecule has 0 aromatic carbocycles. The SMILES string of the molecule is CN1CCN(c2ccc(C(=O)O)c(Cl)n2)CC1. The fraction of sp³-hybridized carbons (Fsp3) is 0.455. The predicted molar refractivity (Wildman–Crippen MR) is 65.9 cm³/mol. The molecule has 0 spiro atoms. The number of rotatable bonds is 2. The summed E-state index contributed by atoms with van der Waals surface area (Å²) in [6, 6.07) is 3.21. The lowest BCUT2D eigenvalue weighted by atomic mass is 10.2. The van der Waals surface area contributed by atoms with Gasteiger partial charge in [-0.15, -0.1) is 0 Å². The number of likely N-dealkylation sites (N-methyl/N-ethyl adjacent to an activating group) is 1. The number of hydrogen-bond acceptors (Lipinski definition) is 4. The molecule has 0 radical (unpaired) electrons. The lowest BCUT2D eigenvalue weighted by Gasteiger charge is -2.33. The van der Waals surface area contributed by atoms with E-state index in [1.54, 1.807) is 6.07 Å². The van der Waals surface area contributed by atoms with E-state index in [0.29, 0.717) is 0 Å². The summed E-state index contributed by atoms with van der Waals surface area (Å²) < 4.78 is 0. The van der Waals surface area contributed by atoms with Crippen molar-refractivity contribution in [3.63, 3.8) is 0 Å². The van der Waals surface area contributed by atoms with Gasteiger partial charge in [-0.1, -0.05) is 11.6 Å². The first-order chi connectivity index (χ1) is 8.08. The number of pyridine rings is 1.